The summed E-state index contributed by atoms with van der Waals surface area (Å²) in [4.78, 5) is 32.5. The van der Waals surface area contributed by atoms with E-state index in [-0.39, 0.29) is 16.9 Å². The van der Waals surface area contributed by atoms with Gasteiger partial charge in [0.25, 0.3) is 5.91 Å². The highest BCUT2D eigenvalue weighted by atomic mass is 32.2. The van der Waals surface area contributed by atoms with Gasteiger partial charge in [-0.15, -0.1) is 0 Å². The van der Waals surface area contributed by atoms with E-state index in [0.717, 1.165) is 49.9 Å². The molecule has 10 heteroatoms. The molecule has 3 aliphatic rings. The zero-order chi connectivity index (χ0) is 25.4. The predicted molar refractivity (Wildman–Crippen MR) is 141 cm³/mol. The van der Waals surface area contributed by atoms with Crippen molar-refractivity contribution in [2.45, 2.75) is 16.2 Å². The van der Waals surface area contributed by atoms with Crippen LogP contribution < -0.4 is 10.7 Å². The molecular weight excluding hydrogens is 495 g/mol. The molecule has 1 aromatic heterocycles. The molecule has 0 atom stereocenters. The van der Waals surface area contributed by atoms with Gasteiger partial charge in [0, 0.05) is 43.8 Å². The largest absolute Gasteiger partial charge is 0.382 e. The number of pyridine rings is 1. The summed E-state index contributed by atoms with van der Waals surface area (Å²) in [5, 5.41) is 3.52. The number of amides is 1. The minimum atomic E-state index is -0.486. The number of para-hydroxylation sites is 1. The Morgan fingerprint density at radius 1 is 1.05 bits per heavy atom. The smallest absolute Gasteiger partial charge is 0.259 e. The molecule has 194 valence electrons. The molecular formula is C27H29FN4O4S. The summed E-state index contributed by atoms with van der Waals surface area (Å²) in [6, 6.07) is 9.07. The highest BCUT2D eigenvalue weighted by Gasteiger charge is 2.29. The predicted octanol–water partition coefficient (Wildman–Crippen LogP) is 3.20. The topological polar surface area (TPSA) is 76.0 Å². The number of morpholine rings is 2. The van der Waals surface area contributed by atoms with Crippen LogP contribution in [0.25, 0.3) is 16.6 Å². The molecule has 8 nitrogen and oxygen atoms in total. The molecule has 2 saturated heterocycles. The fourth-order valence-corrected chi connectivity index (χ4v) is 6.38. The number of benzene rings is 2. The van der Waals surface area contributed by atoms with Crippen molar-refractivity contribution in [2.75, 3.05) is 71.0 Å². The van der Waals surface area contributed by atoms with Crippen molar-refractivity contribution in [2.24, 2.45) is 0 Å². The first-order chi connectivity index (χ1) is 18.1. The van der Waals surface area contributed by atoms with E-state index >= 15 is 4.39 Å². The molecule has 6 rings (SSSR count). The second-order valence-electron chi connectivity index (χ2n) is 9.41. The Morgan fingerprint density at radius 2 is 1.78 bits per heavy atom. The number of rotatable bonds is 6. The molecule has 37 heavy (non-hydrogen) atoms. The molecule has 0 spiro atoms. The van der Waals surface area contributed by atoms with Gasteiger partial charge in [-0.3, -0.25) is 14.5 Å². The summed E-state index contributed by atoms with van der Waals surface area (Å²) in [6.45, 7) is 6.58. The van der Waals surface area contributed by atoms with Crippen LogP contribution in [-0.2, 0) is 9.47 Å². The second-order valence-corrected chi connectivity index (χ2v) is 10.5. The Hall–Kier alpha value is -2.92. The van der Waals surface area contributed by atoms with Crippen molar-refractivity contribution in [1.29, 1.82) is 0 Å². The molecule has 2 aromatic carbocycles. The van der Waals surface area contributed by atoms with Gasteiger partial charge >= 0.3 is 0 Å². The summed E-state index contributed by atoms with van der Waals surface area (Å²) in [6.07, 6.45) is 2.49. The van der Waals surface area contributed by atoms with Crippen molar-refractivity contribution in [1.82, 2.24) is 14.4 Å². The van der Waals surface area contributed by atoms with Gasteiger partial charge in [0.2, 0.25) is 5.43 Å². The molecule has 0 unspecified atom stereocenters. The van der Waals surface area contributed by atoms with Gasteiger partial charge < -0.3 is 24.3 Å². The number of hydrogen-bond donors (Lipinski definition) is 1. The van der Waals surface area contributed by atoms with E-state index in [0.29, 0.717) is 48.9 Å². The minimum Gasteiger partial charge on any atom is -0.382 e. The Kier molecular flexibility index (Phi) is 6.90. The number of hydrogen-bond acceptors (Lipinski definition) is 7. The number of anilines is 1. The normalized spacial score (nSPS) is 17.6. The maximum atomic E-state index is 15.6. The monoisotopic (exact) mass is 524 g/mol. The maximum absolute atomic E-state index is 15.6. The molecule has 1 amide bonds. The average molecular weight is 525 g/mol. The maximum Gasteiger partial charge on any atom is 0.259 e. The SMILES string of the molecule is O=C(c1cn2c3c(c(NCCCN4CCOCC4)c(F)cc3c1=O)Sc1ccccc1-2)N1CCOCC1. The minimum absolute atomic E-state index is 0.0488. The lowest BCUT2D eigenvalue weighted by Crippen LogP contribution is -2.42. The Morgan fingerprint density at radius 3 is 2.57 bits per heavy atom. The van der Waals surface area contributed by atoms with Gasteiger partial charge in [-0.25, -0.2) is 4.39 Å². The van der Waals surface area contributed by atoms with Crippen LogP contribution in [0.15, 0.2) is 51.1 Å². The molecule has 4 heterocycles. The summed E-state index contributed by atoms with van der Waals surface area (Å²) < 4.78 is 28.2. The van der Waals surface area contributed by atoms with E-state index in [1.54, 1.807) is 11.1 Å². The Balaban J connectivity index is 1.39. The highest BCUT2D eigenvalue weighted by molar-refractivity contribution is 8.00. The highest BCUT2D eigenvalue weighted by Crippen LogP contribution is 2.46. The second kappa shape index (κ2) is 10.4. The summed E-state index contributed by atoms with van der Waals surface area (Å²) in [5.74, 6) is -0.831. The van der Waals surface area contributed by atoms with E-state index in [9.17, 15) is 9.59 Å². The molecule has 3 aromatic rings. The van der Waals surface area contributed by atoms with Gasteiger partial charge in [0.15, 0.2) is 0 Å². The number of aromatic nitrogens is 1. The molecule has 0 radical (unpaired) electrons. The van der Waals surface area contributed by atoms with Gasteiger partial charge in [-0.1, -0.05) is 23.9 Å². The van der Waals surface area contributed by atoms with E-state index in [2.05, 4.69) is 10.2 Å². The van der Waals surface area contributed by atoms with Crippen LogP contribution in [0.5, 0.6) is 0 Å². The third-order valence-corrected chi connectivity index (χ3v) is 8.28. The summed E-state index contributed by atoms with van der Waals surface area (Å²) in [5.41, 5.74) is 1.50. The quantitative estimate of drug-likeness (QED) is 0.388. The number of nitrogens with zero attached hydrogens (tertiary/aromatic N) is 3. The van der Waals surface area contributed by atoms with Crippen LogP contribution >= 0.6 is 11.8 Å². The first-order valence-electron chi connectivity index (χ1n) is 12.7. The first kappa shape index (κ1) is 24.4. The third-order valence-electron chi connectivity index (χ3n) is 7.12. The molecule has 1 N–H and O–H groups in total. The number of ether oxygens (including phenoxy) is 2. The van der Waals surface area contributed by atoms with Crippen molar-refractivity contribution in [3.63, 3.8) is 0 Å². The van der Waals surface area contributed by atoms with Crippen molar-refractivity contribution < 1.29 is 18.7 Å². The molecule has 0 aliphatic carbocycles. The average Bonchev–Trinajstić information content (AvgIpc) is 2.94. The number of carbonyl (C=O) groups excluding carboxylic acids is 1. The van der Waals surface area contributed by atoms with Crippen LogP contribution in [0.3, 0.4) is 0 Å². The van der Waals surface area contributed by atoms with Crippen molar-refractivity contribution in [3.05, 3.63) is 58.1 Å². The number of fused-ring (bicyclic) bond motifs is 2. The fraction of sp³-hybridized carbons (Fsp3) is 0.407. The lowest BCUT2D eigenvalue weighted by molar-refractivity contribution is 0.0302. The van der Waals surface area contributed by atoms with Crippen LogP contribution in [-0.4, -0.2) is 86.0 Å². The molecule has 0 bridgehead atoms. The van der Waals surface area contributed by atoms with E-state index in [1.165, 1.54) is 17.8 Å². The van der Waals surface area contributed by atoms with Crippen molar-refractivity contribution >= 4 is 34.3 Å². The van der Waals surface area contributed by atoms with Crippen LogP contribution in [0.1, 0.15) is 16.8 Å². The molecule has 2 fully saturated rings. The zero-order valence-corrected chi connectivity index (χ0v) is 21.3. The van der Waals surface area contributed by atoms with E-state index < -0.39 is 11.2 Å². The first-order valence-corrected chi connectivity index (χ1v) is 13.5. The van der Waals surface area contributed by atoms with Gasteiger partial charge in [-0.2, -0.15) is 0 Å². The lowest BCUT2D eigenvalue weighted by atomic mass is 10.1. The Bertz CT molecular complexity index is 1400. The summed E-state index contributed by atoms with van der Waals surface area (Å²) in [7, 11) is 0. The van der Waals surface area contributed by atoms with Gasteiger partial charge in [-0.05, 0) is 31.2 Å². The number of carbonyl (C=O) groups is 1. The van der Waals surface area contributed by atoms with Crippen LogP contribution in [0.4, 0.5) is 10.1 Å². The third kappa shape index (κ3) is 4.63. The number of halogens is 1. The fourth-order valence-electron chi connectivity index (χ4n) is 5.16. The standard InChI is InChI=1S/C27H29FN4O4S/c28-20-16-18-24-26(23(20)29-6-3-7-30-8-12-35-13-9-30)37-22-5-2-1-4-21(22)32(24)17-19(25(18)33)27(34)31-10-14-36-15-11-31/h1-2,4-5,16-17,29H,3,6-15H2. The molecule has 3 aliphatic heterocycles. The lowest BCUT2D eigenvalue weighted by Gasteiger charge is -2.29. The summed E-state index contributed by atoms with van der Waals surface area (Å²) >= 11 is 1.45. The van der Waals surface area contributed by atoms with Gasteiger partial charge in [0.05, 0.1) is 53.6 Å². The Labute approximate surface area is 218 Å². The number of nitrogens with one attached hydrogen (secondary N) is 1. The van der Waals surface area contributed by atoms with Crippen molar-refractivity contribution in [3.8, 4) is 5.69 Å². The van der Waals surface area contributed by atoms with E-state index in [1.807, 2.05) is 28.8 Å². The van der Waals surface area contributed by atoms with Crippen LogP contribution in [0.2, 0.25) is 0 Å². The molecule has 0 saturated carbocycles. The zero-order valence-electron chi connectivity index (χ0n) is 20.5. The van der Waals surface area contributed by atoms with Crippen LogP contribution in [0, 0.1) is 5.82 Å². The van der Waals surface area contributed by atoms with E-state index in [4.69, 9.17) is 9.47 Å². The van der Waals surface area contributed by atoms with Gasteiger partial charge in [0.1, 0.15) is 11.4 Å².